The Hall–Kier alpha value is 0.430. The van der Waals surface area contributed by atoms with Crippen molar-refractivity contribution in [3.63, 3.8) is 0 Å². The van der Waals surface area contributed by atoms with Gasteiger partial charge in [0.1, 0.15) is 0 Å². The molecule has 8 atom stereocenters. The largest absolute Gasteiger partial charge is 0.393 e. The Morgan fingerprint density at radius 2 is 1.87 bits per heavy atom. The van der Waals surface area contributed by atoms with Crippen LogP contribution < -0.4 is 0 Å². The van der Waals surface area contributed by atoms with E-state index in [2.05, 4.69) is 50.3 Å². The smallest absolute Gasteiger partial charge is 0.0580 e. The van der Waals surface area contributed by atoms with Crippen molar-refractivity contribution in [3.05, 3.63) is 11.1 Å². The van der Waals surface area contributed by atoms with Gasteiger partial charge in [0.15, 0.2) is 0 Å². The zero-order chi connectivity index (χ0) is 21.5. The van der Waals surface area contributed by atoms with Gasteiger partial charge < -0.3 is 5.11 Å². The topological polar surface area (TPSA) is 20.2 Å². The Bertz CT molecular complexity index is 624. The minimum absolute atomic E-state index is 0.0617. The Morgan fingerprint density at radius 1 is 1.07 bits per heavy atom. The summed E-state index contributed by atoms with van der Waals surface area (Å²) in [5.74, 6) is 6.27. The van der Waals surface area contributed by atoms with Crippen LogP contribution in [0.25, 0.3) is 0 Å². The van der Waals surface area contributed by atoms with Crippen molar-refractivity contribution in [2.75, 3.05) is 4.43 Å². The summed E-state index contributed by atoms with van der Waals surface area (Å²) in [5, 5.41) is 10.4. The predicted octanol–water partition coefficient (Wildman–Crippen LogP) is 8.19. The normalized spacial score (nSPS) is 42.1. The molecule has 0 heterocycles. The van der Waals surface area contributed by atoms with Gasteiger partial charge in [-0.3, -0.25) is 0 Å². The molecule has 0 amide bonds. The fraction of sp³-hybridized carbons (Fsp3) is 0.929. The third-order valence-electron chi connectivity index (χ3n) is 10.2. The lowest BCUT2D eigenvalue weighted by atomic mass is 9.50. The van der Waals surface area contributed by atoms with Crippen LogP contribution in [-0.2, 0) is 0 Å². The Balaban J connectivity index is 1.52. The summed E-state index contributed by atoms with van der Waals surface area (Å²) in [5.41, 5.74) is 4.17. The van der Waals surface area contributed by atoms with Crippen molar-refractivity contribution in [1.29, 1.82) is 0 Å². The maximum Gasteiger partial charge on any atom is 0.0580 e. The highest BCUT2D eigenvalue weighted by atomic mass is 131. The average Bonchev–Trinajstić information content (AvgIpc) is 3.05. The second-order valence-electron chi connectivity index (χ2n) is 12.3. The number of rotatable bonds is 7. The third kappa shape index (κ3) is 4.44. The Morgan fingerprint density at radius 3 is 2.60 bits per heavy atom. The maximum atomic E-state index is 10.4. The molecule has 0 saturated heterocycles. The van der Waals surface area contributed by atoms with Crippen LogP contribution in [-0.4, -0.2) is 15.6 Å². The van der Waals surface area contributed by atoms with Crippen molar-refractivity contribution in [2.24, 2.45) is 46.8 Å². The van der Waals surface area contributed by atoms with E-state index in [0.29, 0.717) is 5.41 Å². The molecule has 4 aliphatic rings. The van der Waals surface area contributed by atoms with E-state index in [1.54, 1.807) is 5.57 Å². The fourth-order valence-corrected chi connectivity index (χ4v) is 9.54. The van der Waals surface area contributed by atoms with Gasteiger partial charge in [-0.15, -0.1) is 0 Å². The Kier molecular flexibility index (Phi) is 7.65. The van der Waals surface area contributed by atoms with Crippen LogP contribution in [0.2, 0.25) is 0 Å². The molecular formula is C28H47IO. The first-order valence-electron chi connectivity index (χ1n) is 13.3. The van der Waals surface area contributed by atoms with Gasteiger partial charge in [-0.2, -0.15) is 0 Å². The SMILES string of the molecule is CC(C)CCC[C@@H](C)[C@H]1CC[C@H]2[C@@H]3C[C@@H](CC[131I])C4=C(CC[C@H](O)C4)[C@H]3CC[C@]12C. The molecule has 1 N–H and O–H groups in total. The van der Waals surface area contributed by atoms with Crippen LogP contribution in [0.4, 0.5) is 0 Å². The number of aliphatic hydroxyl groups is 1. The molecule has 0 aromatic rings. The first-order chi connectivity index (χ1) is 14.3. The van der Waals surface area contributed by atoms with Crippen LogP contribution >= 0.6 is 22.6 Å². The van der Waals surface area contributed by atoms with Crippen LogP contribution in [0.1, 0.15) is 105 Å². The van der Waals surface area contributed by atoms with E-state index in [9.17, 15) is 5.11 Å². The molecule has 0 aliphatic heterocycles. The van der Waals surface area contributed by atoms with Gasteiger partial charge >= 0.3 is 0 Å². The predicted molar refractivity (Wildman–Crippen MR) is 137 cm³/mol. The Labute approximate surface area is 200 Å². The van der Waals surface area contributed by atoms with E-state index in [1.165, 1.54) is 68.6 Å². The molecule has 4 rings (SSSR count). The lowest BCUT2D eigenvalue weighted by Crippen LogP contribution is -2.46. The number of halogens is 1. The standard InChI is InChI=1S/C28H47IO/c1-18(2)6-5-7-19(3)26-10-11-27-25-16-20(13-15-29)24-17-21(30)8-9-22(24)23(25)12-14-28(26,27)4/h18-21,23,25-27,30H,5-17H2,1-4H3/t19-,20-,21+,23-,25-,26-,27+,28-/m1/s1/i29+4. The van der Waals surface area contributed by atoms with Crippen molar-refractivity contribution in [3.8, 4) is 0 Å². The van der Waals surface area contributed by atoms with Gasteiger partial charge in [0, 0.05) is 4.43 Å². The quantitative estimate of drug-likeness (QED) is 0.200. The molecular weight excluding hydrogens is 483 g/mol. The summed E-state index contributed by atoms with van der Waals surface area (Å²) < 4.78 is 1.27. The van der Waals surface area contributed by atoms with E-state index < -0.39 is 0 Å². The summed E-state index contributed by atoms with van der Waals surface area (Å²) >= 11 is 2.58. The first-order valence-corrected chi connectivity index (χ1v) is 14.8. The molecule has 172 valence electrons. The van der Waals surface area contributed by atoms with E-state index in [1.807, 2.05) is 5.57 Å². The van der Waals surface area contributed by atoms with Crippen molar-refractivity contribution >= 4 is 22.6 Å². The molecule has 2 fully saturated rings. The number of fused-ring (bicyclic) bond motifs is 4. The second-order valence-corrected chi connectivity index (χ2v) is 13.3. The monoisotopic (exact) mass is 530 g/mol. The van der Waals surface area contributed by atoms with Crippen molar-refractivity contribution in [2.45, 2.75) is 111 Å². The van der Waals surface area contributed by atoms with Crippen LogP contribution in [0.3, 0.4) is 0 Å². The van der Waals surface area contributed by atoms with E-state index in [-0.39, 0.29) is 6.10 Å². The molecule has 1 nitrogen and oxygen atoms in total. The molecule has 0 aromatic carbocycles. The lowest BCUT2D eigenvalue weighted by molar-refractivity contribution is -0.0123. The molecule has 0 bridgehead atoms. The highest BCUT2D eigenvalue weighted by Crippen LogP contribution is 2.65. The first kappa shape index (κ1) is 23.6. The van der Waals surface area contributed by atoms with E-state index in [4.69, 9.17) is 0 Å². The molecule has 2 heteroatoms. The summed E-state index contributed by atoms with van der Waals surface area (Å²) in [7, 11) is 0. The minimum Gasteiger partial charge on any atom is -0.393 e. The minimum atomic E-state index is -0.0617. The molecule has 0 aromatic heterocycles. The van der Waals surface area contributed by atoms with Crippen LogP contribution in [0, 0.1) is 46.8 Å². The lowest BCUT2D eigenvalue weighted by Gasteiger charge is -2.54. The van der Waals surface area contributed by atoms with Gasteiger partial charge in [0.05, 0.1) is 6.10 Å². The van der Waals surface area contributed by atoms with Gasteiger partial charge in [-0.25, -0.2) is 0 Å². The number of hydrogen-bond acceptors (Lipinski definition) is 1. The fourth-order valence-electron chi connectivity index (χ4n) is 8.79. The van der Waals surface area contributed by atoms with E-state index in [0.717, 1.165) is 54.3 Å². The highest BCUT2D eigenvalue weighted by Gasteiger charge is 2.56. The maximum absolute atomic E-state index is 10.4. The van der Waals surface area contributed by atoms with Crippen molar-refractivity contribution in [1.82, 2.24) is 0 Å². The second kappa shape index (κ2) is 9.74. The van der Waals surface area contributed by atoms with Gasteiger partial charge in [-0.1, -0.05) is 80.7 Å². The highest BCUT2D eigenvalue weighted by molar-refractivity contribution is 14.1. The molecule has 0 unspecified atom stereocenters. The number of alkyl halides is 1. The van der Waals surface area contributed by atoms with Crippen LogP contribution in [0.5, 0.6) is 0 Å². The molecule has 2 saturated carbocycles. The zero-order valence-corrected chi connectivity index (χ0v) is 22.3. The molecule has 4 aliphatic carbocycles. The third-order valence-corrected chi connectivity index (χ3v) is 10.8. The van der Waals surface area contributed by atoms with Crippen molar-refractivity contribution < 1.29 is 5.11 Å². The number of hydrogen-bond donors (Lipinski definition) is 1. The van der Waals surface area contributed by atoms with Gasteiger partial charge in [0.25, 0.3) is 0 Å². The molecule has 0 spiro atoms. The number of aliphatic hydroxyl groups excluding tert-OH is 1. The summed E-state index contributed by atoms with van der Waals surface area (Å²) in [6.45, 7) is 10.1. The van der Waals surface area contributed by atoms with Gasteiger partial charge in [-0.05, 0) is 105 Å². The molecule has 0 radical (unpaired) electrons. The summed E-state index contributed by atoms with van der Waals surface area (Å²) in [6, 6.07) is 0. The average molecular weight is 531 g/mol. The zero-order valence-electron chi connectivity index (χ0n) is 20.1. The number of allylic oxidation sites excluding steroid dienone is 1. The van der Waals surface area contributed by atoms with Gasteiger partial charge in [0.2, 0.25) is 0 Å². The summed E-state index contributed by atoms with van der Waals surface area (Å²) in [4.78, 5) is 0. The van der Waals surface area contributed by atoms with Crippen LogP contribution in [0.15, 0.2) is 11.1 Å². The van der Waals surface area contributed by atoms with E-state index >= 15 is 0 Å². The molecule has 30 heavy (non-hydrogen) atoms. The summed E-state index contributed by atoms with van der Waals surface area (Å²) in [6.07, 6.45) is 16.1.